The smallest absolute Gasteiger partial charge is 0.410 e. The van der Waals surface area contributed by atoms with Crippen molar-refractivity contribution in [3.05, 3.63) is 0 Å². The first-order chi connectivity index (χ1) is 9.08. The maximum absolute atomic E-state index is 12.2. The van der Waals surface area contributed by atoms with Crippen LogP contribution in [0.3, 0.4) is 0 Å². The summed E-state index contributed by atoms with van der Waals surface area (Å²) in [5.41, 5.74) is -0.729. The Morgan fingerprint density at radius 2 is 1.60 bits per heavy atom. The normalized spacial score (nSPS) is 24.1. The third-order valence-electron chi connectivity index (χ3n) is 4.50. The first-order valence-corrected chi connectivity index (χ1v) is 7.50. The Morgan fingerprint density at radius 3 is 2.00 bits per heavy atom. The Bertz CT molecular complexity index is 349. The van der Waals surface area contributed by atoms with E-state index in [1.54, 1.807) is 11.9 Å². The number of amides is 1. The van der Waals surface area contributed by atoms with E-state index >= 15 is 0 Å². The third kappa shape index (κ3) is 4.22. The minimum absolute atomic E-state index is 0.203. The fraction of sp³-hybridized carbons (Fsp3) is 0.875. The minimum atomic E-state index is -0.476. The molecule has 0 saturated heterocycles. The lowest BCUT2D eigenvalue weighted by molar-refractivity contribution is -0.112. The van der Waals surface area contributed by atoms with Crippen LogP contribution in [0.1, 0.15) is 60.3 Å². The average Bonchev–Trinajstić information content (AvgIpc) is 2.35. The predicted octanol–water partition coefficient (Wildman–Crippen LogP) is 3.64. The molecule has 1 amide bonds. The quantitative estimate of drug-likeness (QED) is 0.743. The number of ether oxygens (including phenoxy) is 1. The maximum Gasteiger partial charge on any atom is 0.410 e. The maximum atomic E-state index is 12.2. The van der Waals surface area contributed by atoms with Crippen molar-refractivity contribution >= 4 is 12.4 Å². The van der Waals surface area contributed by atoms with Crippen molar-refractivity contribution < 1.29 is 14.3 Å². The summed E-state index contributed by atoms with van der Waals surface area (Å²) in [6, 6.07) is 0. The van der Waals surface area contributed by atoms with Crippen LogP contribution in [0.5, 0.6) is 0 Å². The van der Waals surface area contributed by atoms with Gasteiger partial charge in [0.2, 0.25) is 0 Å². The zero-order valence-electron chi connectivity index (χ0n) is 13.7. The molecule has 0 N–H and O–H groups in total. The second-order valence-electron chi connectivity index (χ2n) is 7.44. The van der Waals surface area contributed by atoms with E-state index in [2.05, 4.69) is 13.8 Å². The van der Waals surface area contributed by atoms with Crippen LogP contribution in [0.25, 0.3) is 0 Å². The molecule has 0 spiro atoms. The van der Waals surface area contributed by atoms with Crippen LogP contribution in [0.15, 0.2) is 0 Å². The Morgan fingerprint density at radius 1 is 1.10 bits per heavy atom. The van der Waals surface area contributed by atoms with Gasteiger partial charge in [0.05, 0.1) is 0 Å². The van der Waals surface area contributed by atoms with E-state index < -0.39 is 5.60 Å². The van der Waals surface area contributed by atoms with Gasteiger partial charge in [-0.3, -0.25) is 0 Å². The van der Waals surface area contributed by atoms with Gasteiger partial charge >= 0.3 is 6.09 Å². The van der Waals surface area contributed by atoms with Crippen molar-refractivity contribution in [2.45, 2.75) is 71.4 Å². The summed E-state index contributed by atoms with van der Waals surface area (Å²) >= 11 is 0. The zero-order valence-corrected chi connectivity index (χ0v) is 13.7. The van der Waals surface area contributed by atoms with Gasteiger partial charge in [-0.25, -0.2) is 4.79 Å². The van der Waals surface area contributed by atoms with Crippen molar-refractivity contribution in [1.82, 2.24) is 4.90 Å². The van der Waals surface area contributed by atoms with Gasteiger partial charge in [-0.2, -0.15) is 0 Å². The van der Waals surface area contributed by atoms with Crippen LogP contribution >= 0.6 is 0 Å². The number of aldehydes is 1. The number of rotatable bonds is 3. The Kier molecular flexibility index (Phi) is 5.22. The predicted molar refractivity (Wildman–Crippen MR) is 79.6 cm³/mol. The van der Waals surface area contributed by atoms with E-state index in [4.69, 9.17) is 4.74 Å². The van der Waals surface area contributed by atoms with Crippen LogP contribution in [0.4, 0.5) is 4.79 Å². The molecule has 1 aliphatic carbocycles. The number of hydrogen-bond donors (Lipinski definition) is 0. The van der Waals surface area contributed by atoms with Crippen LogP contribution in [-0.4, -0.2) is 35.5 Å². The molecular formula is C16H29NO3. The fourth-order valence-corrected chi connectivity index (χ4v) is 2.80. The van der Waals surface area contributed by atoms with Crippen molar-refractivity contribution in [1.29, 1.82) is 0 Å². The highest BCUT2D eigenvalue weighted by atomic mass is 16.6. The molecule has 0 aromatic rings. The lowest BCUT2D eigenvalue weighted by Crippen LogP contribution is -2.52. The lowest BCUT2D eigenvalue weighted by atomic mass is 9.73. The van der Waals surface area contributed by atoms with Gasteiger partial charge in [-0.1, -0.05) is 0 Å². The summed E-state index contributed by atoms with van der Waals surface area (Å²) in [6.07, 6.45) is 4.63. The Hall–Kier alpha value is -1.06. The highest BCUT2D eigenvalue weighted by Crippen LogP contribution is 2.37. The molecule has 20 heavy (non-hydrogen) atoms. The topological polar surface area (TPSA) is 46.6 Å². The number of carbonyl (C=O) groups excluding carboxylic acids is 2. The van der Waals surface area contributed by atoms with Gasteiger partial charge < -0.3 is 14.4 Å². The summed E-state index contributed by atoms with van der Waals surface area (Å²) in [5, 5.41) is 0. The highest BCUT2D eigenvalue weighted by Gasteiger charge is 2.39. The van der Waals surface area contributed by atoms with Crippen LogP contribution in [-0.2, 0) is 9.53 Å². The summed E-state index contributed by atoms with van der Waals surface area (Å²) < 4.78 is 5.45. The van der Waals surface area contributed by atoms with E-state index in [9.17, 15) is 9.59 Å². The average molecular weight is 283 g/mol. The molecule has 1 saturated carbocycles. The summed E-state index contributed by atoms with van der Waals surface area (Å²) in [4.78, 5) is 24.8. The van der Waals surface area contributed by atoms with Crippen molar-refractivity contribution in [3.63, 3.8) is 0 Å². The lowest BCUT2D eigenvalue weighted by Gasteiger charge is -2.44. The second-order valence-corrected chi connectivity index (χ2v) is 7.44. The minimum Gasteiger partial charge on any atom is -0.444 e. The van der Waals surface area contributed by atoms with Gasteiger partial charge in [0, 0.05) is 18.5 Å². The largest absolute Gasteiger partial charge is 0.444 e. The van der Waals surface area contributed by atoms with E-state index in [0.717, 1.165) is 32.0 Å². The molecule has 1 rings (SSSR count). The summed E-state index contributed by atoms with van der Waals surface area (Å²) in [7, 11) is 1.81. The molecule has 0 unspecified atom stereocenters. The molecule has 0 bridgehead atoms. The monoisotopic (exact) mass is 283 g/mol. The standard InChI is InChI=1S/C16H29NO3/c1-15(2,3)20-14(19)17(6)16(4,5)13-9-7-12(11-18)8-10-13/h11-13H,7-10H2,1-6H3. The molecule has 116 valence electrons. The second kappa shape index (κ2) is 6.15. The fourth-order valence-electron chi connectivity index (χ4n) is 2.80. The molecule has 0 aromatic heterocycles. The van der Waals surface area contributed by atoms with Crippen molar-refractivity contribution in [2.24, 2.45) is 11.8 Å². The molecule has 4 nitrogen and oxygen atoms in total. The Labute approximate surface area is 122 Å². The molecule has 0 heterocycles. The first-order valence-electron chi connectivity index (χ1n) is 7.50. The highest BCUT2D eigenvalue weighted by molar-refractivity contribution is 5.68. The molecule has 0 radical (unpaired) electrons. The number of carbonyl (C=O) groups is 2. The molecule has 4 heteroatoms. The zero-order chi connectivity index (χ0) is 15.6. The van der Waals surface area contributed by atoms with Gasteiger partial charge in [0.1, 0.15) is 11.9 Å². The van der Waals surface area contributed by atoms with Crippen LogP contribution < -0.4 is 0 Å². The van der Waals surface area contributed by atoms with E-state index in [0.29, 0.717) is 5.92 Å². The van der Waals surface area contributed by atoms with Gasteiger partial charge in [-0.05, 0) is 66.2 Å². The summed E-state index contributed by atoms with van der Waals surface area (Å²) in [6.45, 7) is 9.80. The van der Waals surface area contributed by atoms with E-state index in [-0.39, 0.29) is 17.6 Å². The number of hydrogen-bond acceptors (Lipinski definition) is 3. The summed E-state index contributed by atoms with van der Waals surface area (Å²) in [5.74, 6) is 0.616. The Balaban J connectivity index is 2.67. The third-order valence-corrected chi connectivity index (χ3v) is 4.50. The molecule has 0 aliphatic heterocycles. The van der Waals surface area contributed by atoms with Gasteiger partial charge in [0.15, 0.2) is 0 Å². The van der Waals surface area contributed by atoms with Crippen molar-refractivity contribution in [2.75, 3.05) is 7.05 Å². The van der Waals surface area contributed by atoms with Gasteiger partial charge in [-0.15, -0.1) is 0 Å². The van der Waals surface area contributed by atoms with Crippen LogP contribution in [0, 0.1) is 11.8 Å². The first kappa shape index (κ1) is 17.0. The molecule has 0 atom stereocenters. The van der Waals surface area contributed by atoms with Gasteiger partial charge in [0.25, 0.3) is 0 Å². The SMILES string of the molecule is CN(C(=O)OC(C)(C)C)C(C)(C)C1CCC(C=O)CC1. The molecule has 1 aliphatic rings. The van der Waals surface area contributed by atoms with Crippen LogP contribution in [0.2, 0.25) is 0 Å². The molecule has 0 aromatic carbocycles. The van der Waals surface area contributed by atoms with Crippen molar-refractivity contribution in [3.8, 4) is 0 Å². The molecular weight excluding hydrogens is 254 g/mol. The van der Waals surface area contributed by atoms with E-state index in [1.165, 1.54) is 0 Å². The van der Waals surface area contributed by atoms with E-state index in [1.807, 2.05) is 20.8 Å². The number of nitrogens with zero attached hydrogens (tertiary/aromatic N) is 1. The molecule has 1 fully saturated rings.